The lowest BCUT2D eigenvalue weighted by Crippen LogP contribution is -2.53. The molecule has 0 aliphatic carbocycles. The number of hydrogen-bond donors (Lipinski definition) is 0. The molecule has 1 saturated heterocycles. The molecule has 0 unspecified atom stereocenters. The number of piperazine rings is 1. The molecule has 1 amide bonds. The molecular formula is C26H22Cl2F2N2O2S. The first kappa shape index (κ1) is 25.5. The molecule has 1 aliphatic heterocycles. The second-order valence-corrected chi connectivity index (χ2v) is 10.1. The highest BCUT2D eigenvalue weighted by Gasteiger charge is 2.28. The molecule has 9 heteroatoms. The molecule has 0 saturated carbocycles. The van der Waals surface area contributed by atoms with Crippen LogP contribution < -0.4 is 4.90 Å². The van der Waals surface area contributed by atoms with Gasteiger partial charge in [-0.05, 0) is 55.5 Å². The SMILES string of the molecule is C[C@H]1CN(C(=O)c2ccc(SCC(=O)c3cccc(F)c3F)c(Cl)c2)CCN1c1cccc(Cl)c1. The van der Waals surface area contributed by atoms with E-state index in [1.54, 1.807) is 23.1 Å². The second-order valence-electron chi connectivity index (χ2n) is 8.23. The van der Waals surface area contributed by atoms with E-state index < -0.39 is 17.4 Å². The summed E-state index contributed by atoms with van der Waals surface area (Å²) in [5.74, 6) is -3.01. The minimum Gasteiger partial charge on any atom is -0.365 e. The summed E-state index contributed by atoms with van der Waals surface area (Å²) in [5.41, 5.74) is 1.17. The number of anilines is 1. The molecule has 1 heterocycles. The maximum atomic E-state index is 13.9. The van der Waals surface area contributed by atoms with Crippen molar-refractivity contribution < 1.29 is 18.4 Å². The molecule has 0 radical (unpaired) electrons. The van der Waals surface area contributed by atoms with E-state index in [9.17, 15) is 18.4 Å². The summed E-state index contributed by atoms with van der Waals surface area (Å²) in [7, 11) is 0. The van der Waals surface area contributed by atoms with Gasteiger partial charge in [-0.2, -0.15) is 0 Å². The Hall–Kier alpha value is -2.61. The largest absolute Gasteiger partial charge is 0.365 e. The van der Waals surface area contributed by atoms with Crippen LogP contribution in [0.1, 0.15) is 27.6 Å². The number of rotatable bonds is 6. The van der Waals surface area contributed by atoms with E-state index >= 15 is 0 Å². The van der Waals surface area contributed by atoms with Gasteiger partial charge in [-0.1, -0.05) is 35.3 Å². The van der Waals surface area contributed by atoms with Crippen LogP contribution in [0.2, 0.25) is 10.0 Å². The van der Waals surface area contributed by atoms with Gasteiger partial charge in [0.25, 0.3) is 5.91 Å². The first-order valence-corrected chi connectivity index (χ1v) is 12.7. The Morgan fingerprint density at radius 2 is 1.80 bits per heavy atom. The molecular weight excluding hydrogens is 513 g/mol. The highest BCUT2D eigenvalue weighted by Crippen LogP contribution is 2.30. The van der Waals surface area contributed by atoms with Crippen LogP contribution >= 0.6 is 35.0 Å². The standard InChI is InChI=1S/C26H22Cl2F2N2O2S/c1-16-14-31(10-11-32(16)19-5-2-4-18(27)13-19)26(34)17-8-9-24(21(28)12-17)35-15-23(33)20-6-3-7-22(29)25(20)30/h2-9,12-13,16H,10-11,14-15H2,1H3/t16-/m0/s1. The molecule has 0 spiro atoms. The highest BCUT2D eigenvalue weighted by atomic mass is 35.5. The summed E-state index contributed by atoms with van der Waals surface area (Å²) < 4.78 is 27.2. The predicted octanol–water partition coefficient (Wildman–Crippen LogP) is 6.60. The molecule has 1 fully saturated rings. The predicted molar refractivity (Wildman–Crippen MR) is 137 cm³/mol. The molecule has 3 aromatic rings. The highest BCUT2D eigenvalue weighted by molar-refractivity contribution is 8.00. The monoisotopic (exact) mass is 534 g/mol. The van der Waals surface area contributed by atoms with E-state index in [0.29, 0.717) is 40.1 Å². The van der Waals surface area contributed by atoms with E-state index in [1.165, 1.54) is 12.1 Å². The Morgan fingerprint density at radius 3 is 2.51 bits per heavy atom. The third-order valence-corrected chi connectivity index (χ3v) is 7.58. The minimum absolute atomic E-state index is 0.102. The third-order valence-electron chi connectivity index (χ3n) is 5.84. The lowest BCUT2D eigenvalue weighted by molar-refractivity contribution is 0.0726. The van der Waals surface area contributed by atoms with Crippen LogP contribution in [-0.2, 0) is 0 Å². The van der Waals surface area contributed by atoms with E-state index in [0.717, 1.165) is 23.5 Å². The van der Waals surface area contributed by atoms with Crippen molar-refractivity contribution in [2.24, 2.45) is 0 Å². The lowest BCUT2D eigenvalue weighted by atomic mass is 10.1. The van der Waals surface area contributed by atoms with Crippen LogP contribution in [0.25, 0.3) is 0 Å². The number of thioether (sulfide) groups is 1. The fraction of sp³-hybridized carbons (Fsp3) is 0.231. The number of ketones is 1. The van der Waals surface area contributed by atoms with Crippen molar-refractivity contribution in [2.75, 3.05) is 30.3 Å². The lowest BCUT2D eigenvalue weighted by Gasteiger charge is -2.41. The fourth-order valence-corrected chi connectivity index (χ4v) is 5.39. The third kappa shape index (κ3) is 5.80. The summed E-state index contributed by atoms with van der Waals surface area (Å²) in [6.07, 6.45) is 0. The smallest absolute Gasteiger partial charge is 0.254 e. The Morgan fingerprint density at radius 1 is 1.03 bits per heavy atom. The van der Waals surface area contributed by atoms with Gasteiger partial charge in [-0.3, -0.25) is 9.59 Å². The summed E-state index contributed by atoms with van der Waals surface area (Å²) in [4.78, 5) is 30.0. The van der Waals surface area contributed by atoms with Crippen LogP contribution in [0.4, 0.5) is 14.5 Å². The van der Waals surface area contributed by atoms with Gasteiger partial charge in [0.2, 0.25) is 0 Å². The Labute approximate surface area is 216 Å². The van der Waals surface area contributed by atoms with Crippen molar-refractivity contribution in [1.29, 1.82) is 0 Å². The number of amides is 1. The van der Waals surface area contributed by atoms with Gasteiger partial charge >= 0.3 is 0 Å². The molecule has 35 heavy (non-hydrogen) atoms. The van der Waals surface area contributed by atoms with Gasteiger partial charge in [-0.25, -0.2) is 8.78 Å². The normalized spacial score (nSPS) is 15.9. The first-order chi connectivity index (χ1) is 16.7. The number of nitrogens with zero attached hydrogens (tertiary/aromatic N) is 2. The average Bonchev–Trinajstić information content (AvgIpc) is 2.84. The van der Waals surface area contributed by atoms with E-state index in [2.05, 4.69) is 11.8 Å². The zero-order chi connectivity index (χ0) is 25.1. The van der Waals surface area contributed by atoms with Crippen molar-refractivity contribution in [3.63, 3.8) is 0 Å². The summed E-state index contributed by atoms with van der Waals surface area (Å²) in [5, 5.41) is 0.988. The van der Waals surface area contributed by atoms with Gasteiger partial charge in [0, 0.05) is 46.8 Å². The number of hydrogen-bond acceptors (Lipinski definition) is 4. The second kappa shape index (κ2) is 11.0. The quantitative estimate of drug-likeness (QED) is 0.264. The summed E-state index contributed by atoms with van der Waals surface area (Å²) in [6.45, 7) is 3.84. The van der Waals surface area contributed by atoms with Gasteiger partial charge in [0.1, 0.15) is 0 Å². The molecule has 0 aromatic heterocycles. The maximum Gasteiger partial charge on any atom is 0.254 e. The van der Waals surface area contributed by atoms with Crippen LogP contribution in [0.3, 0.4) is 0 Å². The van der Waals surface area contributed by atoms with Gasteiger partial charge in [0.15, 0.2) is 17.4 Å². The summed E-state index contributed by atoms with van der Waals surface area (Å²) in [6, 6.07) is 16.2. The van der Waals surface area contributed by atoms with Crippen LogP contribution in [0.5, 0.6) is 0 Å². The molecule has 0 bridgehead atoms. The summed E-state index contributed by atoms with van der Waals surface area (Å²) >= 11 is 13.6. The van der Waals surface area contributed by atoms with E-state index in [1.807, 2.05) is 24.3 Å². The van der Waals surface area contributed by atoms with Crippen LogP contribution in [0.15, 0.2) is 65.6 Å². The molecule has 1 atom stereocenters. The van der Waals surface area contributed by atoms with Crippen LogP contribution in [-0.4, -0.2) is 48.0 Å². The van der Waals surface area contributed by atoms with Crippen molar-refractivity contribution >= 4 is 52.3 Å². The molecule has 4 rings (SSSR count). The molecule has 4 nitrogen and oxygen atoms in total. The van der Waals surface area contributed by atoms with E-state index in [-0.39, 0.29) is 23.3 Å². The number of carbonyl (C=O) groups is 2. The number of carbonyl (C=O) groups excluding carboxylic acids is 2. The van der Waals surface area contributed by atoms with Gasteiger partial charge in [0.05, 0.1) is 16.3 Å². The average molecular weight is 535 g/mol. The number of benzene rings is 3. The van der Waals surface area contributed by atoms with Crippen molar-refractivity contribution in [3.05, 3.63) is 93.5 Å². The van der Waals surface area contributed by atoms with Crippen molar-refractivity contribution in [3.8, 4) is 0 Å². The van der Waals surface area contributed by atoms with Crippen molar-refractivity contribution in [2.45, 2.75) is 17.9 Å². The molecule has 182 valence electrons. The molecule has 1 aliphatic rings. The van der Waals surface area contributed by atoms with Crippen molar-refractivity contribution in [1.82, 2.24) is 4.90 Å². The minimum atomic E-state index is -1.16. The Kier molecular flexibility index (Phi) is 7.99. The molecule has 3 aromatic carbocycles. The topological polar surface area (TPSA) is 40.6 Å². The van der Waals surface area contributed by atoms with Gasteiger partial charge < -0.3 is 9.80 Å². The number of Topliss-reactive ketones (excluding diaryl/α,β-unsaturated/α-hetero) is 1. The first-order valence-electron chi connectivity index (χ1n) is 11.0. The van der Waals surface area contributed by atoms with E-state index in [4.69, 9.17) is 23.2 Å². The maximum absolute atomic E-state index is 13.9. The van der Waals surface area contributed by atoms with Crippen LogP contribution in [0, 0.1) is 11.6 Å². The zero-order valence-corrected chi connectivity index (χ0v) is 21.1. The Bertz CT molecular complexity index is 1270. The fourth-order valence-electron chi connectivity index (χ4n) is 4.05. The van der Waals surface area contributed by atoms with Gasteiger partial charge in [-0.15, -0.1) is 11.8 Å². The molecule has 0 N–H and O–H groups in total. The number of halogens is 4. The zero-order valence-electron chi connectivity index (χ0n) is 18.8. The Balaban J connectivity index is 1.39.